The van der Waals surface area contributed by atoms with Crippen LogP contribution >= 0.6 is 0 Å². The molecule has 0 saturated heterocycles. The summed E-state index contributed by atoms with van der Waals surface area (Å²) in [6, 6.07) is 10.1. The number of hydrogen-bond acceptors (Lipinski definition) is 3. The molecule has 0 aromatic heterocycles. The highest BCUT2D eigenvalue weighted by atomic mass is 16.2. The van der Waals surface area contributed by atoms with Crippen molar-refractivity contribution in [1.29, 1.82) is 0 Å². The van der Waals surface area contributed by atoms with E-state index in [-0.39, 0.29) is 24.9 Å². The highest BCUT2D eigenvalue weighted by Gasteiger charge is 2.10. The van der Waals surface area contributed by atoms with Gasteiger partial charge in [-0.2, -0.15) is 0 Å². The largest absolute Gasteiger partial charge is 0.376 e. The molecule has 138 valence electrons. The van der Waals surface area contributed by atoms with Crippen molar-refractivity contribution in [1.82, 2.24) is 5.32 Å². The topological polar surface area (TPSA) is 70.2 Å². The first kappa shape index (κ1) is 19.5. The van der Waals surface area contributed by atoms with Crippen LogP contribution in [0.25, 0.3) is 0 Å². The highest BCUT2D eigenvalue weighted by Crippen LogP contribution is 2.21. The van der Waals surface area contributed by atoms with Crippen molar-refractivity contribution in [3.8, 4) is 0 Å². The van der Waals surface area contributed by atoms with Crippen molar-refractivity contribution < 1.29 is 9.59 Å². The van der Waals surface area contributed by atoms with Gasteiger partial charge >= 0.3 is 0 Å². The lowest BCUT2D eigenvalue weighted by Crippen LogP contribution is -2.36. The molecule has 0 heterocycles. The van der Waals surface area contributed by atoms with Crippen LogP contribution < -0.4 is 16.0 Å². The van der Waals surface area contributed by atoms with Gasteiger partial charge in [0.05, 0.1) is 13.1 Å². The fourth-order valence-electron chi connectivity index (χ4n) is 2.90. The first-order valence-corrected chi connectivity index (χ1v) is 8.72. The number of carbonyl (C=O) groups is 2. The molecule has 2 aromatic carbocycles. The fraction of sp³-hybridized carbons (Fsp3) is 0.333. The molecule has 5 nitrogen and oxygen atoms in total. The summed E-state index contributed by atoms with van der Waals surface area (Å²) in [7, 11) is 0. The van der Waals surface area contributed by atoms with E-state index in [1.54, 1.807) is 0 Å². The second-order valence-electron chi connectivity index (χ2n) is 6.77. The molecule has 0 aliphatic heterocycles. The summed E-state index contributed by atoms with van der Waals surface area (Å²) in [6.07, 6.45) is 0. The first-order chi connectivity index (χ1) is 12.3. The number of hydrogen-bond donors (Lipinski definition) is 3. The normalized spacial score (nSPS) is 10.3. The van der Waals surface area contributed by atoms with Gasteiger partial charge in [0, 0.05) is 11.4 Å². The Morgan fingerprint density at radius 2 is 1.42 bits per heavy atom. The molecule has 3 N–H and O–H groups in total. The SMILES string of the molecule is Cc1cc(C)c(NC(=O)CNC(=O)CNc2cc(C)ccc2C)c(C)c1. The molecule has 0 aliphatic rings. The molecule has 2 amide bonds. The Kier molecular flexibility index (Phi) is 6.39. The minimum absolute atomic E-state index is 0.0555. The van der Waals surface area contributed by atoms with Crippen LogP contribution in [-0.2, 0) is 9.59 Å². The van der Waals surface area contributed by atoms with Gasteiger partial charge in [0.15, 0.2) is 0 Å². The highest BCUT2D eigenvalue weighted by molar-refractivity contribution is 5.96. The molecule has 0 unspecified atom stereocenters. The molecule has 5 heteroatoms. The molecule has 2 rings (SSSR count). The Balaban J connectivity index is 1.84. The van der Waals surface area contributed by atoms with Gasteiger partial charge < -0.3 is 16.0 Å². The Bertz CT molecular complexity index is 805. The lowest BCUT2D eigenvalue weighted by Gasteiger charge is -2.14. The summed E-state index contributed by atoms with van der Waals surface area (Å²) in [5.74, 6) is -0.460. The maximum absolute atomic E-state index is 12.1. The van der Waals surface area contributed by atoms with Gasteiger partial charge in [0.2, 0.25) is 11.8 Å². The maximum Gasteiger partial charge on any atom is 0.243 e. The minimum atomic E-state index is -0.236. The monoisotopic (exact) mass is 353 g/mol. The summed E-state index contributed by atoms with van der Waals surface area (Å²) >= 11 is 0. The predicted octanol–water partition coefficient (Wildman–Crippen LogP) is 3.40. The molecule has 26 heavy (non-hydrogen) atoms. The number of nitrogens with one attached hydrogen (secondary N) is 3. The Morgan fingerprint density at radius 1 is 0.769 bits per heavy atom. The van der Waals surface area contributed by atoms with E-state index >= 15 is 0 Å². The van der Waals surface area contributed by atoms with Gasteiger partial charge in [-0.1, -0.05) is 29.8 Å². The molecule has 0 atom stereocenters. The first-order valence-electron chi connectivity index (χ1n) is 8.72. The van der Waals surface area contributed by atoms with E-state index in [1.807, 2.05) is 65.0 Å². The van der Waals surface area contributed by atoms with Gasteiger partial charge in [0.25, 0.3) is 0 Å². The minimum Gasteiger partial charge on any atom is -0.376 e. The zero-order valence-corrected chi connectivity index (χ0v) is 16.1. The van der Waals surface area contributed by atoms with Crippen LogP contribution in [0.4, 0.5) is 11.4 Å². The Hall–Kier alpha value is -2.82. The smallest absolute Gasteiger partial charge is 0.243 e. The van der Waals surface area contributed by atoms with Gasteiger partial charge in [-0.25, -0.2) is 0 Å². The standard InChI is InChI=1S/C21H27N3O2/c1-13-6-7-15(3)18(10-13)22-11-19(25)23-12-20(26)24-21-16(4)8-14(2)9-17(21)5/h6-10,22H,11-12H2,1-5H3,(H,23,25)(H,24,26). The van der Waals surface area contributed by atoms with Crippen LogP contribution in [0.5, 0.6) is 0 Å². The summed E-state index contributed by atoms with van der Waals surface area (Å²) in [5, 5.41) is 8.63. The molecule has 0 spiro atoms. The van der Waals surface area contributed by atoms with Crippen LogP contribution in [0.3, 0.4) is 0 Å². The van der Waals surface area contributed by atoms with Gasteiger partial charge in [-0.3, -0.25) is 9.59 Å². The van der Waals surface area contributed by atoms with Crippen LogP contribution in [-0.4, -0.2) is 24.9 Å². The van der Waals surface area contributed by atoms with E-state index in [0.29, 0.717) is 0 Å². The Morgan fingerprint density at radius 3 is 2.08 bits per heavy atom. The second-order valence-corrected chi connectivity index (χ2v) is 6.77. The quantitative estimate of drug-likeness (QED) is 0.745. The average molecular weight is 353 g/mol. The maximum atomic E-state index is 12.1. The van der Waals surface area contributed by atoms with Crippen LogP contribution in [0.1, 0.15) is 27.8 Å². The number of anilines is 2. The lowest BCUT2D eigenvalue weighted by atomic mass is 10.1. The number of aryl methyl sites for hydroxylation is 5. The third kappa shape index (κ3) is 5.34. The van der Waals surface area contributed by atoms with Crippen LogP contribution in [0, 0.1) is 34.6 Å². The van der Waals surface area contributed by atoms with Gasteiger partial charge in [0.1, 0.15) is 0 Å². The Labute approximate surface area is 155 Å². The van der Waals surface area contributed by atoms with Crippen LogP contribution in [0.2, 0.25) is 0 Å². The molecule has 0 fully saturated rings. The summed E-state index contributed by atoms with van der Waals surface area (Å²) in [4.78, 5) is 24.1. The lowest BCUT2D eigenvalue weighted by molar-refractivity contribution is -0.122. The number of benzene rings is 2. The molecular formula is C21H27N3O2. The second kappa shape index (κ2) is 8.52. The predicted molar refractivity (Wildman–Crippen MR) is 107 cm³/mol. The average Bonchev–Trinajstić information content (AvgIpc) is 2.57. The molecular weight excluding hydrogens is 326 g/mol. The van der Waals surface area contributed by atoms with E-state index in [1.165, 1.54) is 0 Å². The number of amides is 2. The van der Waals surface area contributed by atoms with Crippen molar-refractivity contribution in [2.45, 2.75) is 34.6 Å². The number of rotatable bonds is 6. The molecule has 0 radical (unpaired) electrons. The van der Waals surface area contributed by atoms with Crippen molar-refractivity contribution in [2.75, 3.05) is 23.7 Å². The van der Waals surface area contributed by atoms with Crippen molar-refractivity contribution in [2.24, 2.45) is 0 Å². The van der Waals surface area contributed by atoms with Crippen molar-refractivity contribution in [3.05, 3.63) is 58.1 Å². The third-order valence-electron chi connectivity index (χ3n) is 4.22. The third-order valence-corrected chi connectivity index (χ3v) is 4.22. The molecule has 0 aliphatic carbocycles. The van der Waals surface area contributed by atoms with Gasteiger partial charge in [-0.15, -0.1) is 0 Å². The van der Waals surface area contributed by atoms with E-state index in [4.69, 9.17) is 0 Å². The van der Waals surface area contributed by atoms with E-state index < -0.39 is 0 Å². The molecule has 2 aromatic rings. The number of carbonyl (C=O) groups excluding carboxylic acids is 2. The summed E-state index contributed by atoms with van der Waals surface area (Å²) < 4.78 is 0. The van der Waals surface area contributed by atoms with Gasteiger partial charge in [-0.05, 0) is 62.9 Å². The van der Waals surface area contributed by atoms with Crippen LogP contribution in [0.15, 0.2) is 30.3 Å². The van der Waals surface area contributed by atoms with E-state index in [2.05, 4.69) is 16.0 Å². The van der Waals surface area contributed by atoms with E-state index in [0.717, 1.165) is 39.2 Å². The van der Waals surface area contributed by atoms with Crippen molar-refractivity contribution >= 4 is 23.2 Å². The van der Waals surface area contributed by atoms with Crippen molar-refractivity contribution in [3.63, 3.8) is 0 Å². The summed E-state index contributed by atoms with van der Waals surface area (Å²) in [6.45, 7) is 10.0. The zero-order valence-electron chi connectivity index (χ0n) is 16.1. The molecule has 0 saturated carbocycles. The fourth-order valence-corrected chi connectivity index (χ4v) is 2.90. The summed E-state index contributed by atoms with van der Waals surface area (Å²) in [5.41, 5.74) is 7.12. The zero-order chi connectivity index (χ0) is 19.3. The molecule has 0 bridgehead atoms. The van der Waals surface area contributed by atoms with E-state index in [9.17, 15) is 9.59 Å².